The number of carbonyl (C=O) groups excluding carboxylic acids is 2. The number of benzene rings is 3. The monoisotopic (exact) mass is 444 g/mol. The quantitative estimate of drug-likeness (QED) is 0.544. The highest BCUT2D eigenvalue weighted by atomic mass is 16.5. The fraction of sp³-hybridized carbons (Fsp3) is 0.154. The van der Waals surface area contributed by atoms with Gasteiger partial charge in [-0.3, -0.25) is 9.59 Å². The van der Waals surface area contributed by atoms with Crippen LogP contribution in [0.1, 0.15) is 11.1 Å². The van der Waals surface area contributed by atoms with Crippen molar-refractivity contribution in [2.24, 2.45) is 0 Å². The predicted molar refractivity (Wildman–Crippen MR) is 127 cm³/mol. The first-order valence-corrected chi connectivity index (χ1v) is 10.3. The molecule has 0 aromatic heterocycles. The van der Waals surface area contributed by atoms with Crippen molar-refractivity contribution >= 4 is 28.8 Å². The summed E-state index contributed by atoms with van der Waals surface area (Å²) in [5, 5.41) is 3.15. The number of rotatable bonds is 7. The second kappa shape index (κ2) is 9.08. The standard InChI is InChI=1S/C26H24N2O5/c1-16-8-5-6-11-20(16)28-25(29)23(17-12-13-21(32-3)22(14-17)33-4)24(26(28)30)27-18-9-7-10-19(15-18)31-2/h5-15,27H,1-4H3. The van der Waals surface area contributed by atoms with Gasteiger partial charge in [0, 0.05) is 11.8 Å². The molecule has 168 valence electrons. The van der Waals surface area contributed by atoms with Crippen molar-refractivity contribution in [2.75, 3.05) is 31.5 Å². The summed E-state index contributed by atoms with van der Waals surface area (Å²) >= 11 is 0. The molecule has 0 saturated carbocycles. The summed E-state index contributed by atoms with van der Waals surface area (Å²) in [7, 11) is 4.63. The van der Waals surface area contributed by atoms with Gasteiger partial charge in [0.25, 0.3) is 11.8 Å². The molecule has 3 aromatic rings. The number of nitrogens with zero attached hydrogens (tertiary/aromatic N) is 1. The first kappa shape index (κ1) is 22.0. The molecule has 0 unspecified atom stereocenters. The Morgan fingerprint density at radius 2 is 1.52 bits per heavy atom. The Bertz CT molecular complexity index is 1270. The number of anilines is 2. The van der Waals surface area contributed by atoms with Crippen LogP contribution in [0.5, 0.6) is 17.2 Å². The zero-order valence-corrected chi connectivity index (χ0v) is 18.8. The van der Waals surface area contributed by atoms with Gasteiger partial charge in [0.15, 0.2) is 11.5 Å². The van der Waals surface area contributed by atoms with Crippen LogP contribution in [0.15, 0.2) is 72.4 Å². The van der Waals surface area contributed by atoms with Gasteiger partial charge in [0.05, 0.1) is 32.6 Å². The van der Waals surface area contributed by atoms with Crippen LogP contribution >= 0.6 is 0 Å². The maximum absolute atomic E-state index is 13.7. The van der Waals surface area contributed by atoms with E-state index in [1.54, 1.807) is 61.7 Å². The predicted octanol–water partition coefficient (Wildman–Crippen LogP) is 4.42. The smallest absolute Gasteiger partial charge is 0.282 e. The van der Waals surface area contributed by atoms with Crippen LogP contribution in [0.4, 0.5) is 11.4 Å². The van der Waals surface area contributed by atoms with Crippen LogP contribution in [0.3, 0.4) is 0 Å². The number of para-hydroxylation sites is 1. The molecule has 0 bridgehead atoms. The number of hydrogen-bond acceptors (Lipinski definition) is 6. The van der Waals surface area contributed by atoms with E-state index in [0.717, 1.165) is 5.56 Å². The van der Waals surface area contributed by atoms with E-state index in [4.69, 9.17) is 14.2 Å². The van der Waals surface area contributed by atoms with Gasteiger partial charge in [-0.15, -0.1) is 0 Å². The molecule has 2 amide bonds. The number of aryl methyl sites for hydroxylation is 1. The van der Waals surface area contributed by atoms with Gasteiger partial charge in [-0.1, -0.05) is 30.3 Å². The Kier molecular flexibility index (Phi) is 6.04. The summed E-state index contributed by atoms with van der Waals surface area (Å²) in [6.07, 6.45) is 0. The van der Waals surface area contributed by atoms with Crippen molar-refractivity contribution < 1.29 is 23.8 Å². The maximum Gasteiger partial charge on any atom is 0.282 e. The molecule has 0 fully saturated rings. The molecule has 0 saturated heterocycles. The minimum Gasteiger partial charge on any atom is -0.497 e. The van der Waals surface area contributed by atoms with E-state index in [9.17, 15) is 9.59 Å². The molecule has 0 radical (unpaired) electrons. The van der Waals surface area contributed by atoms with Crippen LogP contribution in [0, 0.1) is 6.92 Å². The lowest BCUT2D eigenvalue weighted by Gasteiger charge is -2.17. The lowest BCUT2D eigenvalue weighted by molar-refractivity contribution is -0.120. The van der Waals surface area contributed by atoms with Gasteiger partial charge >= 0.3 is 0 Å². The molecule has 7 nitrogen and oxygen atoms in total. The number of ether oxygens (including phenoxy) is 3. The normalized spacial score (nSPS) is 13.4. The second-order valence-electron chi connectivity index (χ2n) is 7.41. The average molecular weight is 444 g/mol. The van der Waals surface area contributed by atoms with Gasteiger partial charge in [0.1, 0.15) is 11.4 Å². The Morgan fingerprint density at radius 1 is 0.758 bits per heavy atom. The summed E-state index contributed by atoms with van der Waals surface area (Å²) in [5.41, 5.74) is 2.92. The number of methoxy groups -OCH3 is 3. The van der Waals surface area contributed by atoms with Gasteiger partial charge in [-0.2, -0.15) is 0 Å². The lowest BCUT2D eigenvalue weighted by atomic mass is 10.0. The highest BCUT2D eigenvalue weighted by Crippen LogP contribution is 2.38. The van der Waals surface area contributed by atoms with E-state index in [2.05, 4.69) is 5.32 Å². The van der Waals surface area contributed by atoms with E-state index < -0.39 is 11.8 Å². The summed E-state index contributed by atoms with van der Waals surface area (Å²) in [6.45, 7) is 1.86. The molecule has 3 aromatic carbocycles. The first-order valence-electron chi connectivity index (χ1n) is 10.3. The van der Waals surface area contributed by atoms with E-state index in [1.807, 2.05) is 19.1 Å². The first-order chi connectivity index (χ1) is 16.0. The maximum atomic E-state index is 13.7. The van der Waals surface area contributed by atoms with Crippen LogP contribution in [-0.4, -0.2) is 33.1 Å². The van der Waals surface area contributed by atoms with Gasteiger partial charge in [-0.25, -0.2) is 4.90 Å². The van der Waals surface area contributed by atoms with Crippen molar-refractivity contribution in [2.45, 2.75) is 6.92 Å². The van der Waals surface area contributed by atoms with E-state index in [-0.39, 0.29) is 11.3 Å². The number of hydrogen-bond donors (Lipinski definition) is 1. The third-order valence-corrected chi connectivity index (χ3v) is 5.45. The molecular formula is C26H24N2O5. The Hall–Kier alpha value is -4.26. The van der Waals surface area contributed by atoms with Crippen molar-refractivity contribution in [1.29, 1.82) is 0 Å². The molecule has 1 aliphatic rings. The van der Waals surface area contributed by atoms with Gasteiger partial charge in [-0.05, 0) is 48.4 Å². The van der Waals surface area contributed by atoms with Crippen LogP contribution < -0.4 is 24.4 Å². The zero-order valence-electron chi connectivity index (χ0n) is 18.8. The Labute approximate surface area is 192 Å². The van der Waals surface area contributed by atoms with E-state index >= 15 is 0 Å². The number of nitrogens with one attached hydrogen (secondary N) is 1. The molecule has 33 heavy (non-hydrogen) atoms. The molecule has 0 atom stereocenters. The molecule has 1 aliphatic heterocycles. The van der Waals surface area contributed by atoms with Crippen LogP contribution in [-0.2, 0) is 9.59 Å². The van der Waals surface area contributed by atoms with E-state index in [1.165, 1.54) is 19.1 Å². The summed E-state index contributed by atoms with van der Waals surface area (Å²) in [4.78, 5) is 28.4. The fourth-order valence-corrected chi connectivity index (χ4v) is 3.78. The van der Waals surface area contributed by atoms with Crippen LogP contribution in [0.25, 0.3) is 5.57 Å². The highest BCUT2D eigenvalue weighted by molar-refractivity contribution is 6.46. The number of carbonyl (C=O) groups is 2. The number of amides is 2. The molecule has 0 spiro atoms. The van der Waals surface area contributed by atoms with Crippen molar-refractivity contribution in [3.05, 3.63) is 83.6 Å². The molecule has 4 rings (SSSR count). The third kappa shape index (κ3) is 4.01. The molecule has 0 aliphatic carbocycles. The summed E-state index contributed by atoms with van der Waals surface area (Å²) in [6, 6.07) is 19.6. The number of imide groups is 1. The molecule has 7 heteroatoms. The Balaban J connectivity index is 1.87. The second-order valence-corrected chi connectivity index (χ2v) is 7.41. The summed E-state index contributed by atoms with van der Waals surface area (Å²) < 4.78 is 16.0. The molecule has 1 heterocycles. The minimum atomic E-state index is -0.443. The lowest BCUT2D eigenvalue weighted by Crippen LogP contribution is -2.33. The Morgan fingerprint density at radius 3 is 2.21 bits per heavy atom. The molecule has 1 N–H and O–H groups in total. The average Bonchev–Trinajstić information content (AvgIpc) is 3.08. The topological polar surface area (TPSA) is 77.1 Å². The third-order valence-electron chi connectivity index (χ3n) is 5.45. The van der Waals surface area contributed by atoms with Gasteiger partial charge < -0.3 is 19.5 Å². The van der Waals surface area contributed by atoms with E-state index in [0.29, 0.717) is 34.2 Å². The fourth-order valence-electron chi connectivity index (χ4n) is 3.78. The summed E-state index contributed by atoms with van der Waals surface area (Å²) in [5.74, 6) is 0.740. The van der Waals surface area contributed by atoms with Crippen LogP contribution in [0.2, 0.25) is 0 Å². The zero-order chi connectivity index (χ0) is 23.5. The van der Waals surface area contributed by atoms with Crippen molar-refractivity contribution in [3.63, 3.8) is 0 Å². The highest BCUT2D eigenvalue weighted by Gasteiger charge is 2.41. The largest absolute Gasteiger partial charge is 0.497 e. The van der Waals surface area contributed by atoms with Gasteiger partial charge in [0.2, 0.25) is 0 Å². The van der Waals surface area contributed by atoms with Crippen molar-refractivity contribution in [1.82, 2.24) is 0 Å². The minimum absolute atomic E-state index is 0.170. The molecular weight excluding hydrogens is 420 g/mol. The van der Waals surface area contributed by atoms with Crippen molar-refractivity contribution in [3.8, 4) is 17.2 Å². The SMILES string of the molecule is COc1cccc(NC2=C(c3ccc(OC)c(OC)c3)C(=O)N(c3ccccc3C)C2=O)c1.